The minimum absolute atomic E-state index is 0.0298. The maximum Gasteiger partial charge on any atom is 0.514 e. The molecule has 7 N–H and O–H groups in total. The Morgan fingerprint density at radius 3 is 2.80 bits per heavy atom. The maximum absolute atomic E-state index is 5.77. The highest BCUT2D eigenvalue weighted by atomic mass is 35.5. The standard InChI is InChI=1S/C9H11ClN4O/c10-6-2-1-3-7(4-6)15-5-8(11)14-9(12)13/h1-4H,5H2,(H5,11,12,13,14)/p+2. The molecule has 0 aliphatic carbocycles. The molecule has 6 heteroatoms. The molecule has 0 saturated carbocycles. The van der Waals surface area contributed by atoms with Crippen LogP contribution in [0.1, 0.15) is 0 Å². The number of amidine groups is 1. The van der Waals surface area contributed by atoms with Crippen LogP contribution in [-0.4, -0.2) is 18.4 Å². The molecule has 15 heavy (non-hydrogen) atoms. The molecule has 0 aromatic heterocycles. The fourth-order valence-electron chi connectivity index (χ4n) is 0.939. The van der Waals surface area contributed by atoms with Crippen LogP contribution in [0.3, 0.4) is 0 Å². The fraction of sp³-hybridized carbons (Fsp3) is 0.111. The number of rotatable bonds is 3. The first kappa shape index (κ1) is 11.3. The van der Waals surface area contributed by atoms with Gasteiger partial charge in [0.05, 0.1) is 0 Å². The van der Waals surface area contributed by atoms with Gasteiger partial charge in [-0.25, -0.2) is 11.1 Å². The first-order chi connectivity index (χ1) is 7.08. The molecule has 0 fully saturated rings. The van der Waals surface area contributed by atoms with Gasteiger partial charge in [-0.15, -0.1) is 0 Å². The first-order valence-electron chi connectivity index (χ1n) is 4.22. The van der Waals surface area contributed by atoms with E-state index in [1.54, 1.807) is 24.3 Å². The van der Waals surface area contributed by atoms with Crippen molar-refractivity contribution in [1.82, 2.24) is 0 Å². The molecule has 0 spiro atoms. The normalized spacial score (nSPS) is 11.1. The Kier molecular flexibility index (Phi) is 3.93. The molecule has 1 rings (SSSR count). The predicted octanol–water partition coefficient (Wildman–Crippen LogP) is -2.77. The number of hydrogen-bond donors (Lipinski definition) is 4. The van der Waals surface area contributed by atoms with E-state index in [-0.39, 0.29) is 12.6 Å². The van der Waals surface area contributed by atoms with Crippen molar-refractivity contribution >= 4 is 23.4 Å². The molecule has 0 heterocycles. The van der Waals surface area contributed by atoms with E-state index in [0.29, 0.717) is 16.6 Å². The van der Waals surface area contributed by atoms with E-state index in [9.17, 15) is 0 Å². The summed E-state index contributed by atoms with van der Waals surface area (Å²) in [5.74, 6) is 0.986. The third-order valence-electron chi connectivity index (χ3n) is 1.50. The molecule has 0 aliphatic rings. The number of nitrogens with one attached hydrogen (secondary N) is 1. The van der Waals surface area contributed by atoms with E-state index in [4.69, 9.17) is 33.2 Å². The lowest BCUT2D eigenvalue weighted by atomic mass is 10.3. The molecule has 0 radical (unpaired) electrons. The molecule has 1 aromatic carbocycles. The van der Waals surface area contributed by atoms with Crippen LogP contribution in [0.25, 0.3) is 0 Å². The summed E-state index contributed by atoms with van der Waals surface area (Å²) in [6.07, 6.45) is 0. The lowest BCUT2D eigenvalue weighted by Crippen LogP contribution is -2.90. The van der Waals surface area contributed by atoms with Crippen LogP contribution in [0, 0.1) is 0 Å². The third-order valence-corrected chi connectivity index (χ3v) is 1.73. The maximum atomic E-state index is 5.77. The van der Waals surface area contributed by atoms with Crippen molar-refractivity contribution in [3.63, 3.8) is 0 Å². The highest BCUT2D eigenvalue weighted by Crippen LogP contribution is 2.16. The van der Waals surface area contributed by atoms with Crippen molar-refractivity contribution in [3.8, 4) is 5.75 Å². The van der Waals surface area contributed by atoms with Gasteiger partial charge >= 0.3 is 5.96 Å². The summed E-state index contributed by atoms with van der Waals surface area (Å²) < 4.78 is 5.32. The van der Waals surface area contributed by atoms with Crippen molar-refractivity contribution in [3.05, 3.63) is 29.3 Å². The van der Waals surface area contributed by atoms with Crippen molar-refractivity contribution in [1.29, 1.82) is 0 Å². The smallest absolute Gasteiger partial charge is 0.483 e. The van der Waals surface area contributed by atoms with Gasteiger partial charge in [0.15, 0.2) is 6.61 Å². The Balaban J connectivity index is 2.54. The van der Waals surface area contributed by atoms with Crippen LogP contribution in [-0.2, 0) is 0 Å². The van der Waals surface area contributed by atoms with Gasteiger partial charge in [-0.2, -0.15) is 4.99 Å². The summed E-state index contributed by atoms with van der Waals surface area (Å²) in [6, 6.07) is 7.00. The van der Waals surface area contributed by atoms with Gasteiger partial charge in [-0.05, 0) is 18.2 Å². The quantitative estimate of drug-likeness (QED) is 0.333. The predicted molar refractivity (Wildman–Crippen MR) is 58.2 cm³/mol. The van der Waals surface area contributed by atoms with Crippen LogP contribution in [0.5, 0.6) is 5.75 Å². The minimum Gasteiger partial charge on any atom is -0.483 e. The van der Waals surface area contributed by atoms with Crippen LogP contribution in [0.2, 0.25) is 5.02 Å². The molecule has 5 nitrogen and oxygen atoms in total. The van der Waals surface area contributed by atoms with Crippen LogP contribution < -0.4 is 26.6 Å². The van der Waals surface area contributed by atoms with Gasteiger partial charge < -0.3 is 10.5 Å². The topological polar surface area (TPSA) is 101 Å². The molecular formula is C9H13ClN4O+2. The second kappa shape index (κ2) is 5.21. The zero-order valence-electron chi connectivity index (χ0n) is 8.03. The van der Waals surface area contributed by atoms with E-state index < -0.39 is 0 Å². The molecule has 0 amide bonds. The average Bonchev–Trinajstić information content (AvgIpc) is 2.14. The molecule has 0 bridgehead atoms. The van der Waals surface area contributed by atoms with E-state index in [0.717, 1.165) is 0 Å². The largest absolute Gasteiger partial charge is 0.514 e. The Bertz CT molecular complexity index is 391. The van der Waals surface area contributed by atoms with E-state index >= 15 is 0 Å². The number of hydrogen-bond acceptors (Lipinski definition) is 1. The fourth-order valence-corrected chi connectivity index (χ4v) is 1.12. The van der Waals surface area contributed by atoms with Crippen LogP contribution in [0.15, 0.2) is 24.3 Å². The van der Waals surface area contributed by atoms with Crippen molar-refractivity contribution < 1.29 is 15.1 Å². The summed E-state index contributed by atoms with van der Waals surface area (Å²) >= 11 is 5.77. The Morgan fingerprint density at radius 1 is 1.47 bits per heavy atom. The van der Waals surface area contributed by atoms with Crippen LogP contribution in [0.4, 0.5) is 0 Å². The number of nitrogens with two attached hydrogens (primary N) is 3. The van der Waals surface area contributed by atoms with Gasteiger partial charge in [0, 0.05) is 5.02 Å². The Morgan fingerprint density at radius 2 is 2.20 bits per heavy atom. The van der Waals surface area contributed by atoms with Crippen LogP contribution >= 0.6 is 11.6 Å². The second-order valence-electron chi connectivity index (χ2n) is 2.85. The Hall–Kier alpha value is -1.75. The molecule has 0 aliphatic heterocycles. The Labute approximate surface area is 92.2 Å². The van der Waals surface area contributed by atoms with Gasteiger partial charge in [0.25, 0.3) is 0 Å². The average molecular weight is 229 g/mol. The first-order valence-corrected chi connectivity index (χ1v) is 4.60. The summed E-state index contributed by atoms with van der Waals surface area (Å²) in [6.45, 7) is 0.165. The lowest BCUT2D eigenvalue weighted by Gasteiger charge is -2.03. The molecule has 1 aromatic rings. The van der Waals surface area contributed by atoms with Gasteiger partial charge in [0.2, 0.25) is 5.84 Å². The zero-order valence-corrected chi connectivity index (χ0v) is 8.79. The third kappa shape index (κ3) is 4.33. The van der Waals surface area contributed by atoms with E-state index in [2.05, 4.69) is 4.99 Å². The molecule has 0 saturated heterocycles. The lowest BCUT2D eigenvalue weighted by molar-refractivity contribution is -0.379. The summed E-state index contributed by atoms with van der Waals surface area (Å²) in [4.78, 5) is 2.54. The summed E-state index contributed by atoms with van der Waals surface area (Å²) in [7, 11) is 0. The molecular weight excluding hydrogens is 216 g/mol. The monoisotopic (exact) mass is 228 g/mol. The van der Waals surface area contributed by atoms with Gasteiger partial charge in [0.1, 0.15) is 5.75 Å². The highest BCUT2D eigenvalue weighted by molar-refractivity contribution is 6.30. The SMILES string of the molecule is NC(=[NH2+])[NH+]=C(N)COc1cccc(Cl)c1. The van der Waals surface area contributed by atoms with Gasteiger partial charge in [-0.3, -0.25) is 0 Å². The summed E-state index contributed by atoms with van der Waals surface area (Å²) in [5.41, 5.74) is 10.7. The second-order valence-corrected chi connectivity index (χ2v) is 3.29. The zero-order chi connectivity index (χ0) is 11.3. The van der Waals surface area contributed by atoms with E-state index in [1.165, 1.54) is 0 Å². The van der Waals surface area contributed by atoms with E-state index in [1.807, 2.05) is 0 Å². The van der Waals surface area contributed by atoms with Crippen molar-refractivity contribution in [2.45, 2.75) is 0 Å². The number of halogens is 1. The number of benzene rings is 1. The summed E-state index contributed by atoms with van der Waals surface area (Å²) in [5, 5.41) is 5.79. The van der Waals surface area contributed by atoms with Crippen molar-refractivity contribution in [2.75, 3.05) is 6.61 Å². The minimum atomic E-state index is 0.0298. The molecule has 0 unspecified atom stereocenters. The highest BCUT2D eigenvalue weighted by Gasteiger charge is 2.03. The van der Waals surface area contributed by atoms with Crippen molar-refractivity contribution in [2.24, 2.45) is 11.5 Å². The number of guanidine groups is 1. The molecule has 80 valence electrons. The number of ether oxygens (including phenoxy) is 1. The molecule has 0 atom stereocenters. The van der Waals surface area contributed by atoms with Gasteiger partial charge in [-0.1, -0.05) is 17.7 Å².